The van der Waals surface area contributed by atoms with E-state index in [0.29, 0.717) is 31.4 Å². The van der Waals surface area contributed by atoms with Gasteiger partial charge in [-0.05, 0) is 11.8 Å². The van der Waals surface area contributed by atoms with Crippen LogP contribution in [0.5, 0.6) is 0 Å². The van der Waals surface area contributed by atoms with Gasteiger partial charge in [0.15, 0.2) is 6.10 Å². The fourth-order valence-corrected chi connectivity index (χ4v) is 1.67. The molecule has 2 atom stereocenters. The van der Waals surface area contributed by atoms with Crippen LogP contribution >= 0.6 is 0 Å². The zero-order valence-corrected chi connectivity index (χ0v) is 10.7. The van der Waals surface area contributed by atoms with E-state index in [2.05, 4.69) is 13.8 Å². The third kappa shape index (κ3) is 4.00. The summed E-state index contributed by atoms with van der Waals surface area (Å²) >= 11 is 0. The minimum Gasteiger partial charge on any atom is -0.479 e. The molecule has 1 N–H and O–H groups in total. The Morgan fingerprint density at radius 3 is 2.59 bits per heavy atom. The highest BCUT2D eigenvalue weighted by atomic mass is 16.5. The quantitative estimate of drug-likeness (QED) is 0.799. The first-order chi connectivity index (χ1) is 7.91. The van der Waals surface area contributed by atoms with Crippen molar-refractivity contribution >= 4 is 11.9 Å². The minimum absolute atomic E-state index is 0.0285. The van der Waals surface area contributed by atoms with Crippen molar-refractivity contribution in [2.45, 2.75) is 33.3 Å². The summed E-state index contributed by atoms with van der Waals surface area (Å²) in [5.41, 5.74) is 0. The van der Waals surface area contributed by atoms with Crippen molar-refractivity contribution in [3.05, 3.63) is 0 Å². The Hall–Kier alpha value is -1.10. The molecule has 1 aliphatic heterocycles. The fraction of sp³-hybridized carbons (Fsp3) is 0.833. The van der Waals surface area contributed by atoms with Crippen molar-refractivity contribution in [1.29, 1.82) is 0 Å². The molecule has 2 unspecified atom stereocenters. The normalized spacial score (nSPS) is 22.6. The molecule has 0 saturated carbocycles. The van der Waals surface area contributed by atoms with Gasteiger partial charge in [0.25, 0.3) is 0 Å². The van der Waals surface area contributed by atoms with E-state index in [0.717, 1.165) is 0 Å². The molecule has 1 fully saturated rings. The molecule has 98 valence electrons. The Morgan fingerprint density at radius 2 is 2.06 bits per heavy atom. The van der Waals surface area contributed by atoms with Gasteiger partial charge in [0, 0.05) is 13.0 Å². The van der Waals surface area contributed by atoms with Crippen molar-refractivity contribution in [2.24, 2.45) is 11.8 Å². The molecule has 17 heavy (non-hydrogen) atoms. The van der Waals surface area contributed by atoms with Gasteiger partial charge in [-0.1, -0.05) is 20.8 Å². The highest BCUT2D eigenvalue weighted by Gasteiger charge is 2.29. The van der Waals surface area contributed by atoms with Gasteiger partial charge in [0.05, 0.1) is 13.2 Å². The summed E-state index contributed by atoms with van der Waals surface area (Å²) in [6.45, 7) is 7.16. The first-order valence-corrected chi connectivity index (χ1v) is 6.04. The van der Waals surface area contributed by atoms with E-state index in [1.807, 2.05) is 6.92 Å². The van der Waals surface area contributed by atoms with Crippen LogP contribution in [0.25, 0.3) is 0 Å². The lowest BCUT2D eigenvalue weighted by Gasteiger charge is -2.32. The topological polar surface area (TPSA) is 66.8 Å². The number of carbonyl (C=O) groups excluding carboxylic acids is 1. The summed E-state index contributed by atoms with van der Waals surface area (Å²) < 4.78 is 5.08. The number of ether oxygens (including phenoxy) is 1. The van der Waals surface area contributed by atoms with Gasteiger partial charge in [-0.25, -0.2) is 4.79 Å². The van der Waals surface area contributed by atoms with Crippen LogP contribution in [0.2, 0.25) is 0 Å². The first kappa shape index (κ1) is 14.0. The predicted molar refractivity (Wildman–Crippen MR) is 62.6 cm³/mol. The number of aliphatic carboxylic acids is 1. The number of hydrogen-bond donors (Lipinski definition) is 1. The molecule has 5 nitrogen and oxygen atoms in total. The molecule has 1 amide bonds. The van der Waals surface area contributed by atoms with E-state index in [1.165, 1.54) is 0 Å². The molecule has 0 aromatic rings. The molecule has 0 aromatic carbocycles. The second-order valence-corrected chi connectivity index (χ2v) is 4.96. The average Bonchev–Trinajstić information content (AvgIpc) is 2.28. The van der Waals surface area contributed by atoms with Crippen LogP contribution in [0.3, 0.4) is 0 Å². The van der Waals surface area contributed by atoms with E-state index in [4.69, 9.17) is 9.84 Å². The van der Waals surface area contributed by atoms with Crippen LogP contribution in [0.1, 0.15) is 27.2 Å². The Kier molecular flexibility index (Phi) is 4.93. The molecule has 1 heterocycles. The number of hydrogen-bond acceptors (Lipinski definition) is 3. The van der Waals surface area contributed by atoms with E-state index >= 15 is 0 Å². The van der Waals surface area contributed by atoms with Crippen molar-refractivity contribution in [3.8, 4) is 0 Å². The number of nitrogens with zero attached hydrogens (tertiary/aromatic N) is 1. The van der Waals surface area contributed by atoms with Gasteiger partial charge < -0.3 is 14.7 Å². The fourth-order valence-electron chi connectivity index (χ4n) is 1.67. The van der Waals surface area contributed by atoms with Crippen LogP contribution in [0.15, 0.2) is 0 Å². The maximum atomic E-state index is 12.0. The van der Waals surface area contributed by atoms with Crippen LogP contribution in [-0.2, 0) is 14.3 Å². The molecule has 1 aliphatic rings. The molecule has 1 saturated heterocycles. The number of carboxylic acids is 1. The summed E-state index contributed by atoms with van der Waals surface area (Å²) in [6, 6.07) is 0. The Bertz CT molecular complexity index is 290. The van der Waals surface area contributed by atoms with E-state index in [9.17, 15) is 9.59 Å². The summed E-state index contributed by atoms with van der Waals surface area (Å²) in [6.07, 6.45) is -0.397. The first-order valence-electron chi connectivity index (χ1n) is 6.04. The highest BCUT2D eigenvalue weighted by molar-refractivity contribution is 5.78. The van der Waals surface area contributed by atoms with Crippen molar-refractivity contribution < 1.29 is 19.4 Å². The van der Waals surface area contributed by atoms with Gasteiger partial charge in [-0.15, -0.1) is 0 Å². The van der Waals surface area contributed by atoms with Crippen LogP contribution in [-0.4, -0.2) is 47.7 Å². The van der Waals surface area contributed by atoms with Gasteiger partial charge in [0.2, 0.25) is 5.91 Å². The lowest BCUT2D eigenvalue weighted by Crippen LogP contribution is -2.48. The predicted octanol–water partition coefficient (Wildman–Crippen LogP) is 0.981. The number of carboxylic acid groups (broad SMARTS) is 1. The van der Waals surface area contributed by atoms with E-state index < -0.39 is 12.1 Å². The Labute approximate surface area is 102 Å². The molecule has 0 bridgehead atoms. The summed E-state index contributed by atoms with van der Waals surface area (Å²) in [5, 5.41) is 8.84. The van der Waals surface area contributed by atoms with Crippen molar-refractivity contribution in [3.63, 3.8) is 0 Å². The molecule has 0 radical (unpaired) electrons. The number of rotatable bonds is 4. The zero-order chi connectivity index (χ0) is 13.0. The third-order valence-electron chi connectivity index (χ3n) is 3.33. The Balaban J connectivity index is 2.49. The number of carbonyl (C=O) groups is 2. The van der Waals surface area contributed by atoms with Crippen LogP contribution < -0.4 is 0 Å². The molecule has 0 aromatic heterocycles. The van der Waals surface area contributed by atoms with Gasteiger partial charge in [-0.3, -0.25) is 4.79 Å². The maximum Gasteiger partial charge on any atom is 0.334 e. The molecule has 5 heteroatoms. The highest BCUT2D eigenvalue weighted by Crippen LogP contribution is 2.16. The molecular weight excluding hydrogens is 222 g/mol. The van der Waals surface area contributed by atoms with Crippen molar-refractivity contribution in [2.75, 3.05) is 19.7 Å². The summed E-state index contributed by atoms with van der Waals surface area (Å²) in [4.78, 5) is 24.3. The summed E-state index contributed by atoms with van der Waals surface area (Å²) in [5.74, 6) is -0.205. The molecular formula is C12H21NO4. The number of amides is 1. The lowest BCUT2D eigenvalue weighted by molar-refractivity contribution is -0.159. The van der Waals surface area contributed by atoms with Crippen LogP contribution in [0.4, 0.5) is 0 Å². The van der Waals surface area contributed by atoms with Crippen molar-refractivity contribution in [1.82, 2.24) is 4.90 Å². The molecule has 0 aliphatic carbocycles. The van der Waals surface area contributed by atoms with Gasteiger partial charge in [0.1, 0.15) is 0 Å². The SMILES string of the molecule is CC(C)C(C)CC(=O)N1CCOC(C(=O)O)C1. The second-order valence-electron chi connectivity index (χ2n) is 4.96. The lowest BCUT2D eigenvalue weighted by atomic mass is 9.94. The second kappa shape index (κ2) is 6.00. The zero-order valence-electron chi connectivity index (χ0n) is 10.7. The van der Waals surface area contributed by atoms with Crippen LogP contribution in [0, 0.1) is 11.8 Å². The largest absolute Gasteiger partial charge is 0.479 e. The standard InChI is InChI=1S/C12H21NO4/c1-8(2)9(3)6-11(14)13-4-5-17-10(7-13)12(15)16/h8-10H,4-7H2,1-3H3,(H,15,16). The molecule has 0 spiro atoms. The Morgan fingerprint density at radius 1 is 1.41 bits per heavy atom. The average molecular weight is 243 g/mol. The van der Waals surface area contributed by atoms with E-state index in [1.54, 1.807) is 4.90 Å². The van der Waals surface area contributed by atoms with Gasteiger partial charge >= 0.3 is 5.97 Å². The monoisotopic (exact) mass is 243 g/mol. The van der Waals surface area contributed by atoms with E-state index in [-0.39, 0.29) is 12.5 Å². The summed E-state index contributed by atoms with van der Waals surface area (Å²) in [7, 11) is 0. The van der Waals surface area contributed by atoms with Gasteiger partial charge in [-0.2, -0.15) is 0 Å². The smallest absolute Gasteiger partial charge is 0.334 e. The minimum atomic E-state index is -1.00. The third-order valence-corrected chi connectivity index (χ3v) is 3.33. The molecule has 1 rings (SSSR count). The maximum absolute atomic E-state index is 12.0. The number of morpholine rings is 1.